The summed E-state index contributed by atoms with van der Waals surface area (Å²) >= 11 is 11.9. The third-order valence-electron chi connectivity index (χ3n) is 3.58. The molecule has 1 amide bonds. The lowest BCUT2D eigenvalue weighted by Crippen LogP contribution is -2.30. The van der Waals surface area contributed by atoms with Crippen molar-refractivity contribution in [2.24, 2.45) is 5.14 Å². The van der Waals surface area contributed by atoms with E-state index in [4.69, 9.17) is 37.8 Å². The molecule has 0 aliphatic heterocycles. The molecule has 0 unspecified atom stereocenters. The second kappa shape index (κ2) is 8.78. The van der Waals surface area contributed by atoms with Crippen LogP contribution < -0.4 is 15.2 Å². The van der Waals surface area contributed by atoms with Gasteiger partial charge in [-0.15, -0.1) is 0 Å². The Hall–Kier alpha value is -2.33. The van der Waals surface area contributed by atoms with Crippen LogP contribution >= 0.6 is 23.2 Å². The first-order valence-electron chi connectivity index (χ1n) is 7.71. The number of hydrogen-bond acceptors (Lipinski definition) is 6. The van der Waals surface area contributed by atoms with Crippen LogP contribution in [0.2, 0.25) is 10.0 Å². The number of sulfonamides is 1. The number of esters is 1. The first-order chi connectivity index (χ1) is 13.0. The summed E-state index contributed by atoms with van der Waals surface area (Å²) in [7, 11) is -2.76. The van der Waals surface area contributed by atoms with Gasteiger partial charge in [0.1, 0.15) is 11.3 Å². The normalized spacial score (nSPS) is 12.2. The Balaban J connectivity index is 2.19. The molecule has 0 saturated carbocycles. The molecule has 2 rings (SSSR count). The minimum Gasteiger partial charge on any atom is -0.496 e. The number of methoxy groups -OCH3 is 1. The fourth-order valence-corrected chi connectivity index (χ4v) is 3.02. The van der Waals surface area contributed by atoms with Crippen LogP contribution in [0.3, 0.4) is 0 Å². The number of nitrogens with one attached hydrogen (secondary N) is 1. The molecule has 2 aromatic rings. The molecule has 11 heteroatoms. The number of carbonyl (C=O) groups is 2. The molecule has 0 aliphatic rings. The molecule has 0 spiro atoms. The van der Waals surface area contributed by atoms with Crippen LogP contribution in [0.15, 0.2) is 41.3 Å². The van der Waals surface area contributed by atoms with Crippen molar-refractivity contribution in [1.82, 2.24) is 0 Å². The Morgan fingerprint density at radius 3 is 2.46 bits per heavy atom. The van der Waals surface area contributed by atoms with Gasteiger partial charge in [0.15, 0.2) is 6.10 Å². The summed E-state index contributed by atoms with van der Waals surface area (Å²) in [6.45, 7) is 1.34. The molecule has 0 saturated heterocycles. The van der Waals surface area contributed by atoms with Gasteiger partial charge in [-0.05, 0) is 37.3 Å². The van der Waals surface area contributed by atoms with Crippen LogP contribution in [-0.2, 0) is 19.6 Å². The van der Waals surface area contributed by atoms with Crippen molar-refractivity contribution < 1.29 is 27.5 Å². The van der Waals surface area contributed by atoms with Gasteiger partial charge in [0.25, 0.3) is 5.91 Å². The Labute approximate surface area is 171 Å². The first kappa shape index (κ1) is 22.0. The lowest BCUT2D eigenvalue weighted by atomic mass is 10.2. The predicted octanol–water partition coefficient (Wildman–Crippen LogP) is 2.83. The Morgan fingerprint density at radius 1 is 1.18 bits per heavy atom. The molecule has 0 heterocycles. The predicted molar refractivity (Wildman–Crippen MR) is 104 cm³/mol. The minimum atomic E-state index is -4.05. The van der Waals surface area contributed by atoms with Crippen LogP contribution in [0.4, 0.5) is 5.69 Å². The molecule has 0 radical (unpaired) electrons. The summed E-state index contributed by atoms with van der Waals surface area (Å²) < 4.78 is 33.1. The number of rotatable bonds is 6. The lowest BCUT2D eigenvalue weighted by molar-refractivity contribution is -0.123. The van der Waals surface area contributed by atoms with Crippen LogP contribution in [0.1, 0.15) is 17.3 Å². The van der Waals surface area contributed by atoms with Gasteiger partial charge in [-0.2, -0.15) is 0 Å². The third kappa shape index (κ3) is 5.14. The van der Waals surface area contributed by atoms with E-state index in [-0.39, 0.29) is 31.9 Å². The highest BCUT2D eigenvalue weighted by molar-refractivity contribution is 7.89. The van der Waals surface area contributed by atoms with Gasteiger partial charge in [-0.1, -0.05) is 29.3 Å². The maximum absolute atomic E-state index is 12.4. The summed E-state index contributed by atoms with van der Waals surface area (Å²) in [6, 6.07) is 8.11. The minimum absolute atomic E-state index is 0.0582. The van der Waals surface area contributed by atoms with Crippen molar-refractivity contribution in [2.45, 2.75) is 17.9 Å². The first-order valence-corrected chi connectivity index (χ1v) is 10.0. The van der Waals surface area contributed by atoms with Crippen molar-refractivity contribution in [2.75, 3.05) is 12.4 Å². The average molecular weight is 447 g/mol. The molecule has 150 valence electrons. The summed E-state index contributed by atoms with van der Waals surface area (Å²) in [5.74, 6) is -1.58. The zero-order valence-corrected chi connectivity index (χ0v) is 17.1. The van der Waals surface area contributed by atoms with Crippen LogP contribution in [0.25, 0.3) is 0 Å². The number of hydrogen-bond donors (Lipinski definition) is 2. The van der Waals surface area contributed by atoms with Crippen molar-refractivity contribution in [3.8, 4) is 5.75 Å². The number of benzene rings is 2. The molecule has 0 fully saturated rings. The molecule has 0 aliphatic carbocycles. The fraction of sp³-hybridized carbons (Fsp3) is 0.176. The van der Waals surface area contributed by atoms with E-state index in [0.717, 1.165) is 6.07 Å². The van der Waals surface area contributed by atoms with Crippen LogP contribution in [-0.4, -0.2) is 33.5 Å². The summed E-state index contributed by atoms with van der Waals surface area (Å²) in [4.78, 5) is 24.4. The highest BCUT2D eigenvalue weighted by atomic mass is 35.5. The molecular formula is C17H16Cl2N2O6S. The van der Waals surface area contributed by atoms with E-state index in [0.29, 0.717) is 0 Å². The van der Waals surface area contributed by atoms with Gasteiger partial charge >= 0.3 is 5.97 Å². The average Bonchev–Trinajstić information content (AvgIpc) is 2.63. The van der Waals surface area contributed by atoms with Gasteiger partial charge in [0.2, 0.25) is 10.0 Å². The molecular weight excluding hydrogens is 431 g/mol. The zero-order chi connectivity index (χ0) is 21.1. The Kier molecular flexibility index (Phi) is 6.89. The number of ether oxygens (including phenoxy) is 2. The molecule has 2 aromatic carbocycles. The van der Waals surface area contributed by atoms with Crippen molar-refractivity contribution in [3.05, 3.63) is 52.0 Å². The van der Waals surface area contributed by atoms with E-state index in [1.54, 1.807) is 12.1 Å². The maximum Gasteiger partial charge on any atom is 0.342 e. The molecule has 8 nitrogen and oxygen atoms in total. The standard InChI is InChI=1S/C17H16Cl2N2O6S/c1-9(16(22)21-13-5-3-4-12(18)15(13)19)27-17(23)11-8-10(28(20,24)25)6-7-14(11)26-2/h3-9H,1-2H3,(H,21,22)(H2,20,24,25)/t9-/m0/s1. The summed E-state index contributed by atoms with van der Waals surface area (Å²) in [5, 5.41) is 7.94. The molecule has 1 atom stereocenters. The van der Waals surface area contributed by atoms with Crippen molar-refractivity contribution in [3.63, 3.8) is 0 Å². The maximum atomic E-state index is 12.4. The lowest BCUT2D eigenvalue weighted by Gasteiger charge is -2.16. The number of anilines is 1. The van der Waals surface area contributed by atoms with E-state index in [2.05, 4.69) is 5.32 Å². The molecule has 28 heavy (non-hydrogen) atoms. The Morgan fingerprint density at radius 2 is 1.86 bits per heavy atom. The van der Waals surface area contributed by atoms with Crippen molar-refractivity contribution in [1.29, 1.82) is 0 Å². The Bertz CT molecular complexity index is 1030. The van der Waals surface area contributed by atoms with E-state index in [9.17, 15) is 18.0 Å². The van der Waals surface area contributed by atoms with Gasteiger partial charge < -0.3 is 14.8 Å². The molecule has 0 bridgehead atoms. The molecule has 3 N–H and O–H groups in total. The van der Waals surface area contributed by atoms with Crippen LogP contribution in [0, 0.1) is 0 Å². The van der Waals surface area contributed by atoms with Crippen molar-refractivity contribution >= 4 is 50.8 Å². The van der Waals surface area contributed by atoms with E-state index in [1.165, 1.54) is 32.2 Å². The van der Waals surface area contributed by atoms with Crippen LogP contribution in [0.5, 0.6) is 5.75 Å². The second-order valence-electron chi connectivity index (χ2n) is 5.55. The SMILES string of the molecule is COc1ccc(S(N)(=O)=O)cc1C(=O)O[C@@H](C)C(=O)Nc1cccc(Cl)c1Cl. The van der Waals surface area contributed by atoms with Gasteiger partial charge in [0, 0.05) is 0 Å². The topological polar surface area (TPSA) is 125 Å². The second-order valence-corrected chi connectivity index (χ2v) is 7.89. The summed E-state index contributed by atoms with van der Waals surface area (Å²) in [5.41, 5.74) is 0.0466. The zero-order valence-electron chi connectivity index (χ0n) is 14.7. The third-order valence-corrected chi connectivity index (χ3v) is 5.31. The quantitative estimate of drug-likeness (QED) is 0.657. The van der Waals surface area contributed by atoms with Gasteiger partial charge in [0.05, 0.1) is 27.7 Å². The van der Waals surface area contributed by atoms with E-state index < -0.39 is 28.0 Å². The number of amides is 1. The highest BCUT2D eigenvalue weighted by Gasteiger charge is 2.24. The van der Waals surface area contributed by atoms with E-state index >= 15 is 0 Å². The number of halogens is 2. The largest absolute Gasteiger partial charge is 0.496 e. The number of nitrogens with two attached hydrogens (primary N) is 1. The number of carbonyl (C=O) groups excluding carboxylic acids is 2. The smallest absolute Gasteiger partial charge is 0.342 e. The fourth-order valence-electron chi connectivity index (χ4n) is 2.14. The monoisotopic (exact) mass is 446 g/mol. The van der Waals surface area contributed by atoms with Gasteiger partial charge in [-0.25, -0.2) is 18.4 Å². The number of primary sulfonamides is 1. The summed E-state index contributed by atoms with van der Waals surface area (Å²) in [6.07, 6.45) is -1.23. The van der Waals surface area contributed by atoms with Gasteiger partial charge in [-0.3, -0.25) is 4.79 Å². The van der Waals surface area contributed by atoms with E-state index in [1.807, 2.05) is 0 Å². The molecule has 0 aromatic heterocycles. The highest BCUT2D eigenvalue weighted by Crippen LogP contribution is 2.30.